The summed E-state index contributed by atoms with van der Waals surface area (Å²) in [5, 5.41) is 13.5. The van der Waals surface area contributed by atoms with Crippen LogP contribution >= 0.6 is 11.3 Å². The van der Waals surface area contributed by atoms with Gasteiger partial charge in [-0.1, -0.05) is 19.9 Å². The van der Waals surface area contributed by atoms with Crippen LogP contribution in [0.25, 0.3) is 0 Å². The fraction of sp³-hybridized carbons (Fsp3) is 0.750. The molecule has 4 aliphatic rings. The smallest absolute Gasteiger partial charge is 0.185 e. The molecule has 0 radical (unpaired) electrons. The monoisotopic (exact) mass is 377 g/mol. The van der Waals surface area contributed by atoms with Gasteiger partial charge in [-0.25, -0.2) is 4.98 Å². The first-order valence-electron chi connectivity index (χ1n) is 9.85. The number of aliphatic hydroxyl groups excluding tert-OH is 1. The second kappa shape index (κ2) is 7.58. The van der Waals surface area contributed by atoms with Crippen LogP contribution in [0, 0.1) is 17.3 Å². The SMILES string of the molecule is CC1(C)[C@H]2CC=C(COC[C@H](O)CN3CCN(c4nccs4)CC3)[C@H]1C2. The molecule has 5 rings (SSSR count). The number of β-amino-alcohol motifs (C(OH)–C–C–N with tert-alkyl or cyclic N) is 1. The molecule has 1 saturated carbocycles. The standard InChI is InChI=1S/C20H31N3O2S/c1-20(2)16-4-3-15(18(20)11-16)13-25-14-17(24)12-22-6-8-23(9-7-22)19-21-5-10-26-19/h3,5,10,16-18,24H,4,6-9,11-14H2,1-2H3/t16-,17+,18+/m0/s1. The van der Waals surface area contributed by atoms with Crippen LogP contribution in [-0.2, 0) is 4.74 Å². The minimum atomic E-state index is -0.409. The van der Waals surface area contributed by atoms with Gasteiger partial charge in [0.2, 0.25) is 0 Å². The summed E-state index contributed by atoms with van der Waals surface area (Å²) in [6.07, 6.45) is 6.36. The van der Waals surface area contributed by atoms with Crippen molar-refractivity contribution in [3.63, 3.8) is 0 Å². The van der Waals surface area contributed by atoms with Gasteiger partial charge in [-0.15, -0.1) is 11.3 Å². The molecule has 0 aromatic carbocycles. The summed E-state index contributed by atoms with van der Waals surface area (Å²) in [4.78, 5) is 9.04. The molecule has 1 aliphatic heterocycles. The molecule has 1 aromatic heterocycles. The highest BCUT2D eigenvalue weighted by molar-refractivity contribution is 7.13. The summed E-state index contributed by atoms with van der Waals surface area (Å²) in [5.41, 5.74) is 1.91. The highest BCUT2D eigenvalue weighted by atomic mass is 32.1. The number of hydrogen-bond acceptors (Lipinski definition) is 6. The summed E-state index contributed by atoms with van der Waals surface area (Å²) in [6, 6.07) is 0. The maximum atomic E-state index is 10.3. The van der Waals surface area contributed by atoms with Crippen LogP contribution in [0.15, 0.2) is 23.2 Å². The summed E-state index contributed by atoms with van der Waals surface area (Å²) < 4.78 is 5.88. The maximum Gasteiger partial charge on any atom is 0.185 e. The quantitative estimate of drug-likeness (QED) is 0.740. The van der Waals surface area contributed by atoms with Crippen LogP contribution < -0.4 is 4.90 Å². The van der Waals surface area contributed by atoms with E-state index in [1.165, 1.54) is 18.4 Å². The molecule has 2 bridgehead atoms. The van der Waals surface area contributed by atoms with Crippen molar-refractivity contribution >= 4 is 16.5 Å². The predicted octanol–water partition coefficient (Wildman–Crippen LogP) is 2.64. The molecule has 1 aromatic rings. The molecule has 0 spiro atoms. The third-order valence-corrected chi connectivity index (χ3v) is 7.52. The maximum absolute atomic E-state index is 10.3. The fourth-order valence-corrected chi connectivity index (χ4v) is 5.49. The van der Waals surface area contributed by atoms with E-state index in [1.54, 1.807) is 11.3 Å². The van der Waals surface area contributed by atoms with Crippen molar-refractivity contribution in [2.45, 2.75) is 32.8 Å². The third-order valence-electron chi connectivity index (χ3n) is 6.69. The van der Waals surface area contributed by atoms with Crippen molar-refractivity contribution in [3.05, 3.63) is 23.2 Å². The van der Waals surface area contributed by atoms with E-state index in [1.807, 2.05) is 11.6 Å². The van der Waals surface area contributed by atoms with Crippen molar-refractivity contribution < 1.29 is 9.84 Å². The zero-order chi connectivity index (χ0) is 18.1. The molecule has 3 aliphatic carbocycles. The van der Waals surface area contributed by atoms with E-state index in [2.05, 4.69) is 34.7 Å². The normalized spacial score (nSPS) is 29.2. The van der Waals surface area contributed by atoms with Gasteiger partial charge in [0, 0.05) is 44.3 Å². The summed E-state index contributed by atoms with van der Waals surface area (Å²) in [5.74, 6) is 1.56. The molecular weight excluding hydrogens is 346 g/mol. The second-order valence-electron chi connectivity index (χ2n) is 8.59. The molecule has 1 saturated heterocycles. The minimum Gasteiger partial charge on any atom is -0.389 e. The fourth-order valence-electron chi connectivity index (χ4n) is 4.80. The molecule has 1 N–H and O–H groups in total. The van der Waals surface area contributed by atoms with E-state index < -0.39 is 6.10 Å². The van der Waals surface area contributed by atoms with Gasteiger partial charge in [0.1, 0.15) is 0 Å². The van der Waals surface area contributed by atoms with Crippen LogP contribution in [0.5, 0.6) is 0 Å². The highest BCUT2D eigenvalue weighted by Gasteiger charge is 2.50. The summed E-state index contributed by atoms with van der Waals surface area (Å²) in [7, 11) is 0. The average Bonchev–Trinajstić information content (AvgIpc) is 3.17. The number of anilines is 1. The lowest BCUT2D eigenvalue weighted by atomic mass is 9.49. The third kappa shape index (κ3) is 3.70. The number of ether oxygens (including phenoxy) is 1. The molecule has 2 heterocycles. The largest absolute Gasteiger partial charge is 0.389 e. The van der Waals surface area contributed by atoms with Crippen molar-refractivity contribution in [1.29, 1.82) is 0 Å². The Morgan fingerprint density at radius 3 is 2.81 bits per heavy atom. The Hall–Kier alpha value is -0.950. The van der Waals surface area contributed by atoms with Crippen LogP contribution in [-0.4, -0.2) is 67.0 Å². The average molecular weight is 378 g/mol. The van der Waals surface area contributed by atoms with Crippen LogP contribution in [0.2, 0.25) is 0 Å². The van der Waals surface area contributed by atoms with Gasteiger partial charge in [-0.3, -0.25) is 4.90 Å². The van der Waals surface area contributed by atoms with E-state index in [0.29, 0.717) is 31.1 Å². The van der Waals surface area contributed by atoms with Gasteiger partial charge in [0.05, 0.1) is 19.3 Å². The second-order valence-corrected chi connectivity index (χ2v) is 9.47. The van der Waals surface area contributed by atoms with Crippen molar-refractivity contribution in [1.82, 2.24) is 9.88 Å². The Morgan fingerprint density at radius 2 is 2.15 bits per heavy atom. The number of thiazole rings is 1. The number of allylic oxidation sites excluding steroid dienone is 1. The Labute approximate surface area is 160 Å². The number of aliphatic hydroxyl groups is 1. The number of hydrogen-bond donors (Lipinski definition) is 1. The van der Waals surface area contributed by atoms with E-state index in [9.17, 15) is 5.11 Å². The highest BCUT2D eigenvalue weighted by Crippen LogP contribution is 2.59. The van der Waals surface area contributed by atoms with Gasteiger partial charge < -0.3 is 14.7 Å². The minimum absolute atomic E-state index is 0.409. The molecule has 0 unspecified atom stereocenters. The Morgan fingerprint density at radius 1 is 1.35 bits per heavy atom. The first kappa shape index (κ1) is 18.4. The Kier molecular flexibility index (Phi) is 5.37. The number of aromatic nitrogens is 1. The topological polar surface area (TPSA) is 48.8 Å². The molecular formula is C20H31N3O2S. The number of nitrogens with zero attached hydrogens (tertiary/aromatic N) is 3. The van der Waals surface area contributed by atoms with Crippen molar-refractivity contribution in [3.8, 4) is 0 Å². The first-order chi connectivity index (χ1) is 12.5. The molecule has 5 nitrogen and oxygen atoms in total. The van der Waals surface area contributed by atoms with Crippen molar-refractivity contribution in [2.24, 2.45) is 17.3 Å². The predicted molar refractivity (Wildman–Crippen MR) is 106 cm³/mol. The molecule has 6 heteroatoms. The van der Waals surface area contributed by atoms with E-state index in [0.717, 1.165) is 37.2 Å². The van der Waals surface area contributed by atoms with Gasteiger partial charge >= 0.3 is 0 Å². The molecule has 2 fully saturated rings. The zero-order valence-electron chi connectivity index (χ0n) is 15.9. The number of piperazine rings is 1. The summed E-state index contributed by atoms with van der Waals surface area (Å²) >= 11 is 1.69. The van der Waals surface area contributed by atoms with Crippen LogP contribution in [0.4, 0.5) is 5.13 Å². The lowest BCUT2D eigenvalue weighted by Crippen LogP contribution is -2.49. The molecule has 144 valence electrons. The van der Waals surface area contributed by atoms with Crippen molar-refractivity contribution in [2.75, 3.05) is 50.8 Å². The first-order valence-corrected chi connectivity index (χ1v) is 10.7. The van der Waals surface area contributed by atoms with Crippen LogP contribution in [0.1, 0.15) is 26.7 Å². The van der Waals surface area contributed by atoms with Gasteiger partial charge in [0.25, 0.3) is 0 Å². The van der Waals surface area contributed by atoms with E-state index in [4.69, 9.17) is 4.74 Å². The van der Waals surface area contributed by atoms with E-state index in [-0.39, 0.29) is 0 Å². The Bertz CT molecular complexity index is 623. The Balaban J connectivity index is 1.15. The lowest BCUT2D eigenvalue weighted by Gasteiger charge is -2.56. The van der Waals surface area contributed by atoms with Crippen LogP contribution in [0.3, 0.4) is 0 Å². The molecule has 26 heavy (non-hydrogen) atoms. The van der Waals surface area contributed by atoms with E-state index >= 15 is 0 Å². The lowest BCUT2D eigenvalue weighted by molar-refractivity contribution is -0.0262. The molecule has 3 atom stereocenters. The number of rotatable bonds is 7. The van der Waals surface area contributed by atoms with Gasteiger partial charge in [-0.05, 0) is 35.7 Å². The molecule has 0 amide bonds. The number of fused-ring (bicyclic) bond motifs is 1. The van der Waals surface area contributed by atoms with Gasteiger partial charge in [-0.2, -0.15) is 0 Å². The zero-order valence-corrected chi connectivity index (χ0v) is 16.7. The van der Waals surface area contributed by atoms with Gasteiger partial charge in [0.15, 0.2) is 5.13 Å². The summed E-state index contributed by atoms with van der Waals surface area (Å²) in [6.45, 7) is 10.5.